The minimum Gasteiger partial charge on any atom is -0.352 e. The molecular weight excluding hydrogens is 426 g/mol. The quantitative estimate of drug-likeness (QED) is 0.249. The van der Waals surface area contributed by atoms with Gasteiger partial charge in [0.1, 0.15) is 4.83 Å². The van der Waals surface area contributed by atoms with Gasteiger partial charge in [0, 0.05) is 11.4 Å². The summed E-state index contributed by atoms with van der Waals surface area (Å²) in [6, 6.07) is 21.2. The Labute approximate surface area is 188 Å². The van der Waals surface area contributed by atoms with Crippen LogP contribution < -0.4 is 10.9 Å². The second-order valence-electron chi connectivity index (χ2n) is 6.86. The maximum atomic E-state index is 13.5. The summed E-state index contributed by atoms with van der Waals surface area (Å²) in [6.45, 7) is 5.82. The number of para-hydroxylation sites is 1. The lowest BCUT2D eigenvalue weighted by Gasteiger charge is -2.15. The monoisotopic (exact) mass is 447 g/mol. The van der Waals surface area contributed by atoms with Crippen LogP contribution in [0.3, 0.4) is 0 Å². The molecule has 0 saturated heterocycles. The van der Waals surface area contributed by atoms with Gasteiger partial charge in [-0.25, -0.2) is 4.98 Å². The standard InChI is InChI=1S/C24H21N3O2S2/c1-3-14-25-21(28)16(2)30-24-26-22-19(15-20(31-22)17-10-6-4-7-11-17)23(29)27(24)18-12-8-5-9-13-18/h3-13,15-16H,1,14H2,2H3,(H,25,28). The average molecular weight is 448 g/mol. The molecule has 4 rings (SSSR count). The fraction of sp³-hybridized carbons (Fsp3) is 0.125. The minimum absolute atomic E-state index is 0.130. The zero-order valence-corrected chi connectivity index (χ0v) is 18.6. The van der Waals surface area contributed by atoms with E-state index in [1.807, 2.05) is 66.7 Å². The number of rotatable bonds is 7. The predicted octanol–water partition coefficient (Wildman–Crippen LogP) is 4.90. The Morgan fingerprint density at radius 1 is 1.19 bits per heavy atom. The van der Waals surface area contributed by atoms with Gasteiger partial charge in [-0.15, -0.1) is 17.9 Å². The van der Waals surface area contributed by atoms with Crippen LogP contribution in [0.4, 0.5) is 0 Å². The lowest BCUT2D eigenvalue weighted by molar-refractivity contribution is -0.120. The van der Waals surface area contributed by atoms with Crippen LogP contribution in [0.5, 0.6) is 0 Å². The molecule has 5 nitrogen and oxygen atoms in total. The second kappa shape index (κ2) is 9.32. The number of benzene rings is 2. The molecule has 156 valence electrons. The second-order valence-corrected chi connectivity index (χ2v) is 9.20. The Morgan fingerprint density at radius 2 is 1.87 bits per heavy atom. The molecule has 0 radical (unpaired) electrons. The summed E-state index contributed by atoms with van der Waals surface area (Å²) in [5, 5.41) is 3.44. The molecule has 1 unspecified atom stereocenters. The number of nitrogens with zero attached hydrogens (tertiary/aromatic N) is 2. The first-order valence-electron chi connectivity index (χ1n) is 9.81. The topological polar surface area (TPSA) is 64.0 Å². The van der Waals surface area contributed by atoms with Crippen LogP contribution in [-0.2, 0) is 4.79 Å². The summed E-state index contributed by atoms with van der Waals surface area (Å²) in [4.78, 5) is 32.4. The van der Waals surface area contributed by atoms with Crippen molar-refractivity contribution in [3.05, 3.63) is 89.7 Å². The van der Waals surface area contributed by atoms with Crippen molar-refractivity contribution in [3.8, 4) is 16.1 Å². The van der Waals surface area contributed by atoms with Crippen molar-refractivity contribution in [2.45, 2.75) is 17.3 Å². The Balaban J connectivity index is 1.84. The minimum atomic E-state index is -0.423. The zero-order chi connectivity index (χ0) is 21.8. The fourth-order valence-electron chi connectivity index (χ4n) is 3.12. The SMILES string of the molecule is C=CCNC(=O)C(C)Sc1nc2sc(-c3ccccc3)cc2c(=O)n1-c1ccccc1. The number of nitrogens with one attached hydrogen (secondary N) is 1. The van der Waals surface area contributed by atoms with Gasteiger partial charge in [0.2, 0.25) is 5.91 Å². The Bertz CT molecular complexity index is 1280. The maximum Gasteiger partial charge on any atom is 0.267 e. The molecule has 2 aromatic carbocycles. The Kier molecular flexibility index (Phi) is 6.34. The van der Waals surface area contributed by atoms with Crippen molar-refractivity contribution in [1.29, 1.82) is 0 Å². The number of fused-ring (bicyclic) bond motifs is 1. The summed E-state index contributed by atoms with van der Waals surface area (Å²) in [5.74, 6) is -0.130. The van der Waals surface area contributed by atoms with E-state index in [1.165, 1.54) is 23.1 Å². The van der Waals surface area contributed by atoms with Crippen molar-refractivity contribution >= 4 is 39.2 Å². The van der Waals surface area contributed by atoms with Crippen molar-refractivity contribution < 1.29 is 4.79 Å². The smallest absolute Gasteiger partial charge is 0.267 e. The normalized spacial score (nSPS) is 11.9. The molecule has 0 fully saturated rings. The molecular formula is C24H21N3O2S2. The highest BCUT2D eigenvalue weighted by atomic mass is 32.2. The number of hydrogen-bond donors (Lipinski definition) is 1. The van der Waals surface area contributed by atoms with Gasteiger partial charge in [-0.3, -0.25) is 14.2 Å². The maximum absolute atomic E-state index is 13.5. The molecule has 1 atom stereocenters. The Hall–Kier alpha value is -3.16. The number of aromatic nitrogens is 2. The van der Waals surface area contributed by atoms with Gasteiger partial charge in [-0.2, -0.15) is 0 Å². The molecule has 0 aliphatic carbocycles. The van der Waals surface area contributed by atoms with Crippen LogP contribution in [0.1, 0.15) is 6.92 Å². The van der Waals surface area contributed by atoms with Crippen molar-refractivity contribution in [2.24, 2.45) is 0 Å². The fourth-order valence-corrected chi connectivity index (χ4v) is 5.15. The van der Waals surface area contributed by atoms with Crippen molar-refractivity contribution in [2.75, 3.05) is 6.54 Å². The van der Waals surface area contributed by atoms with Crippen LogP contribution in [0.15, 0.2) is 89.3 Å². The van der Waals surface area contributed by atoms with Gasteiger partial charge in [-0.05, 0) is 30.7 Å². The van der Waals surface area contributed by atoms with Crippen LogP contribution >= 0.6 is 23.1 Å². The number of thiophene rings is 1. The van der Waals surface area contributed by atoms with E-state index in [-0.39, 0.29) is 11.5 Å². The number of thioether (sulfide) groups is 1. The van der Waals surface area contributed by atoms with Gasteiger partial charge in [-0.1, -0.05) is 66.4 Å². The van der Waals surface area contributed by atoms with Crippen LogP contribution in [0, 0.1) is 0 Å². The third-order valence-electron chi connectivity index (χ3n) is 4.68. The molecule has 7 heteroatoms. The molecule has 0 bridgehead atoms. The number of hydrogen-bond acceptors (Lipinski definition) is 5. The summed E-state index contributed by atoms with van der Waals surface area (Å²) < 4.78 is 1.59. The average Bonchev–Trinajstić information content (AvgIpc) is 3.23. The number of carbonyl (C=O) groups is 1. The third kappa shape index (κ3) is 4.47. The summed E-state index contributed by atoms with van der Waals surface area (Å²) in [7, 11) is 0. The molecule has 0 aliphatic heterocycles. The van der Waals surface area contributed by atoms with Gasteiger partial charge < -0.3 is 5.32 Å². The largest absolute Gasteiger partial charge is 0.352 e. The molecule has 0 aliphatic rings. The van der Waals surface area contributed by atoms with Gasteiger partial charge in [0.05, 0.1) is 16.3 Å². The summed E-state index contributed by atoms with van der Waals surface area (Å²) in [5.41, 5.74) is 1.62. The molecule has 1 N–H and O–H groups in total. The van der Waals surface area contributed by atoms with Crippen LogP contribution in [-0.4, -0.2) is 27.3 Å². The first kappa shape index (κ1) is 21.1. The van der Waals surface area contributed by atoms with E-state index in [2.05, 4.69) is 11.9 Å². The third-order valence-corrected chi connectivity index (χ3v) is 6.81. The lowest BCUT2D eigenvalue weighted by atomic mass is 10.2. The number of carbonyl (C=O) groups excluding carboxylic acids is 1. The van der Waals surface area contributed by atoms with Gasteiger partial charge in [0.25, 0.3) is 5.56 Å². The zero-order valence-electron chi connectivity index (χ0n) is 16.9. The van der Waals surface area contributed by atoms with Crippen LogP contribution in [0.2, 0.25) is 0 Å². The summed E-state index contributed by atoms with van der Waals surface area (Å²) >= 11 is 2.75. The summed E-state index contributed by atoms with van der Waals surface area (Å²) in [6.07, 6.45) is 1.64. The highest BCUT2D eigenvalue weighted by Crippen LogP contribution is 2.33. The van der Waals surface area contributed by atoms with E-state index in [1.54, 1.807) is 17.6 Å². The molecule has 2 aromatic heterocycles. The van der Waals surface area contributed by atoms with Crippen LogP contribution in [0.25, 0.3) is 26.3 Å². The predicted molar refractivity (Wildman–Crippen MR) is 129 cm³/mol. The highest BCUT2D eigenvalue weighted by Gasteiger charge is 2.21. The molecule has 2 heterocycles. The molecule has 0 spiro atoms. The van der Waals surface area contributed by atoms with Gasteiger partial charge >= 0.3 is 0 Å². The van der Waals surface area contributed by atoms with E-state index >= 15 is 0 Å². The molecule has 1 amide bonds. The molecule has 31 heavy (non-hydrogen) atoms. The van der Waals surface area contributed by atoms with E-state index in [9.17, 15) is 9.59 Å². The van der Waals surface area contributed by atoms with E-state index in [0.717, 1.165) is 16.1 Å². The van der Waals surface area contributed by atoms with E-state index in [0.29, 0.717) is 21.9 Å². The lowest BCUT2D eigenvalue weighted by Crippen LogP contribution is -2.31. The van der Waals surface area contributed by atoms with E-state index in [4.69, 9.17) is 4.98 Å². The van der Waals surface area contributed by atoms with Crippen molar-refractivity contribution in [1.82, 2.24) is 14.9 Å². The highest BCUT2D eigenvalue weighted by molar-refractivity contribution is 8.00. The molecule has 4 aromatic rings. The Morgan fingerprint density at radius 3 is 2.55 bits per heavy atom. The van der Waals surface area contributed by atoms with Crippen molar-refractivity contribution in [3.63, 3.8) is 0 Å². The van der Waals surface area contributed by atoms with Gasteiger partial charge in [0.15, 0.2) is 5.16 Å². The molecule has 0 saturated carbocycles. The first-order chi connectivity index (χ1) is 15.1. The number of amides is 1. The van der Waals surface area contributed by atoms with E-state index < -0.39 is 5.25 Å². The first-order valence-corrected chi connectivity index (χ1v) is 11.5.